The van der Waals surface area contributed by atoms with Gasteiger partial charge in [-0.2, -0.15) is 0 Å². The normalized spacial score (nSPS) is 14.2. The summed E-state index contributed by atoms with van der Waals surface area (Å²) in [5.41, 5.74) is 0.846. The van der Waals surface area contributed by atoms with Gasteiger partial charge in [0, 0.05) is 24.3 Å². The standard InChI is InChI=1S/C17H25N3O2/c1-12(2)6-7-17(3,22)11-20-15(21)9-13-10-19-16-14(13)5-4-8-18-16/h4-5,8,10,12,22H,6-7,9,11H2,1-3H3,(H,18,19)(H,20,21). The summed E-state index contributed by atoms with van der Waals surface area (Å²) in [6.45, 7) is 6.30. The minimum absolute atomic E-state index is 0.0884. The second kappa shape index (κ2) is 6.92. The number of rotatable bonds is 7. The Labute approximate surface area is 131 Å². The summed E-state index contributed by atoms with van der Waals surface area (Å²) >= 11 is 0. The Balaban J connectivity index is 1.88. The predicted molar refractivity (Wildman–Crippen MR) is 87.5 cm³/mol. The van der Waals surface area contributed by atoms with E-state index in [0.717, 1.165) is 23.0 Å². The first kappa shape index (κ1) is 16.5. The van der Waals surface area contributed by atoms with E-state index in [1.807, 2.05) is 18.3 Å². The largest absolute Gasteiger partial charge is 0.388 e. The summed E-state index contributed by atoms with van der Waals surface area (Å²) in [6.07, 6.45) is 5.44. The third-order valence-corrected chi connectivity index (χ3v) is 3.81. The van der Waals surface area contributed by atoms with E-state index in [0.29, 0.717) is 12.3 Å². The fourth-order valence-corrected chi connectivity index (χ4v) is 2.37. The molecule has 0 aliphatic rings. The topological polar surface area (TPSA) is 78.0 Å². The van der Waals surface area contributed by atoms with E-state index in [9.17, 15) is 9.90 Å². The van der Waals surface area contributed by atoms with Gasteiger partial charge in [0.15, 0.2) is 0 Å². The smallest absolute Gasteiger partial charge is 0.224 e. The van der Waals surface area contributed by atoms with Crippen LogP contribution in [0.25, 0.3) is 11.0 Å². The summed E-state index contributed by atoms with van der Waals surface area (Å²) in [6, 6.07) is 3.80. The van der Waals surface area contributed by atoms with Crippen molar-refractivity contribution in [1.82, 2.24) is 15.3 Å². The van der Waals surface area contributed by atoms with Crippen molar-refractivity contribution in [2.75, 3.05) is 6.54 Å². The van der Waals surface area contributed by atoms with Crippen LogP contribution in [0.2, 0.25) is 0 Å². The number of carbonyl (C=O) groups excluding carboxylic acids is 1. The van der Waals surface area contributed by atoms with Gasteiger partial charge in [-0.05, 0) is 43.4 Å². The lowest BCUT2D eigenvalue weighted by Gasteiger charge is -2.24. The molecule has 0 saturated carbocycles. The molecule has 5 nitrogen and oxygen atoms in total. The summed E-state index contributed by atoms with van der Waals surface area (Å²) < 4.78 is 0. The van der Waals surface area contributed by atoms with Crippen LogP contribution in [-0.4, -0.2) is 33.1 Å². The number of amides is 1. The minimum Gasteiger partial charge on any atom is -0.388 e. The van der Waals surface area contributed by atoms with Gasteiger partial charge in [-0.25, -0.2) is 4.98 Å². The van der Waals surface area contributed by atoms with Crippen LogP contribution >= 0.6 is 0 Å². The van der Waals surface area contributed by atoms with E-state index >= 15 is 0 Å². The lowest BCUT2D eigenvalue weighted by atomic mass is 9.95. The van der Waals surface area contributed by atoms with Crippen LogP contribution in [0.15, 0.2) is 24.5 Å². The van der Waals surface area contributed by atoms with Crippen molar-refractivity contribution in [2.24, 2.45) is 5.92 Å². The second-order valence-corrected chi connectivity index (χ2v) is 6.60. The highest BCUT2D eigenvalue weighted by Gasteiger charge is 2.21. The Morgan fingerprint density at radius 1 is 1.50 bits per heavy atom. The van der Waals surface area contributed by atoms with Crippen molar-refractivity contribution in [3.05, 3.63) is 30.1 Å². The molecule has 0 aliphatic heterocycles. The number of nitrogens with zero attached hydrogens (tertiary/aromatic N) is 1. The summed E-state index contributed by atoms with van der Waals surface area (Å²) in [4.78, 5) is 19.3. The molecular weight excluding hydrogens is 278 g/mol. The summed E-state index contributed by atoms with van der Waals surface area (Å²) in [5.74, 6) is 0.454. The average Bonchev–Trinajstić information content (AvgIpc) is 2.87. The van der Waals surface area contributed by atoms with Crippen molar-refractivity contribution in [3.63, 3.8) is 0 Å². The van der Waals surface area contributed by atoms with Crippen LogP contribution in [0.5, 0.6) is 0 Å². The molecule has 0 aromatic carbocycles. The molecule has 0 fully saturated rings. The Morgan fingerprint density at radius 3 is 3.00 bits per heavy atom. The molecule has 2 aromatic rings. The minimum atomic E-state index is -0.859. The van der Waals surface area contributed by atoms with Gasteiger partial charge in [0.05, 0.1) is 12.0 Å². The van der Waals surface area contributed by atoms with Crippen LogP contribution in [-0.2, 0) is 11.2 Å². The first-order valence-electron chi connectivity index (χ1n) is 7.77. The number of aromatic nitrogens is 2. The number of hydrogen-bond donors (Lipinski definition) is 3. The van der Waals surface area contributed by atoms with Crippen LogP contribution in [0.1, 0.15) is 39.2 Å². The molecule has 0 spiro atoms. The molecule has 5 heteroatoms. The zero-order valence-electron chi connectivity index (χ0n) is 13.5. The third-order valence-electron chi connectivity index (χ3n) is 3.81. The molecule has 22 heavy (non-hydrogen) atoms. The number of carbonyl (C=O) groups is 1. The molecule has 2 rings (SSSR count). The number of fused-ring (bicyclic) bond motifs is 1. The molecule has 0 aliphatic carbocycles. The number of nitrogens with one attached hydrogen (secondary N) is 2. The molecule has 2 heterocycles. The maximum Gasteiger partial charge on any atom is 0.224 e. The van der Waals surface area contributed by atoms with Crippen molar-refractivity contribution in [1.29, 1.82) is 0 Å². The Morgan fingerprint density at radius 2 is 2.27 bits per heavy atom. The number of pyridine rings is 1. The van der Waals surface area contributed by atoms with Crippen LogP contribution < -0.4 is 5.32 Å². The predicted octanol–water partition coefficient (Wildman–Crippen LogP) is 2.41. The van der Waals surface area contributed by atoms with Crippen LogP contribution in [0.4, 0.5) is 0 Å². The average molecular weight is 303 g/mol. The number of aliphatic hydroxyl groups is 1. The molecule has 1 amide bonds. The number of H-pyrrole nitrogens is 1. The van der Waals surface area contributed by atoms with Crippen molar-refractivity contribution in [3.8, 4) is 0 Å². The highest BCUT2D eigenvalue weighted by molar-refractivity contribution is 5.87. The van der Waals surface area contributed by atoms with Crippen LogP contribution in [0, 0.1) is 5.92 Å². The zero-order chi connectivity index (χ0) is 16.2. The van der Waals surface area contributed by atoms with Gasteiger partial charge < -0.3 is 15.4 Å². The van der Waals surface area contributed by atoms with E-state index in [4.69, 9.17) is 0 Å². The van der Waals surface area contributed by atoms with Gasteiger partial charge in [0.1, 0.15) is 5.65 Å². The first-order chi connectivity index (χ1) is 10.4. The highest BCUT2D eigenvalue weighted by Crippen LogP contribution is 2.17. The highest BCUT2D eigenvalue weighted by atomic mass is 16.3. The quantitative estimate of drug-likeness (QED) is 0.735. The zero-order valence-corrected chi connectivity index (χ0v) is 13.5. The van der Waals surface area contributed by atoms with Gasteiger partial charge in [-0.1, -0.05) is 13.8 Å². The van der Waals surface area contributed by atoms with Crippen molar-refractivity contribution >= 4 is 16.9 Å². The summed E-state index contributed by atoms with van der Waals surface area (Å²) in [5, 5.41) is 14.1. The van der Waals surface area contributed by atoms with Gasteiger partial charge >= 0.3 is 0 Å². The Kier molecular flexibility index (Phi) is 5.19. The number of aromatic amines is 1. The van der Waals surface area contributed by atoms with Gasteiger partial charge in [-0.3, -0.25) is 4.79 Å². The fraction of sp³-hybridized carbons (Fsp3) is 0.529. The van der Waals surface area contributed by atoms with Gasteiger partial charge in [0.2, 0.25) is 5.91 Å². The fourth-order valence-electron chi connectivity index (χ4n) is 2.37. The first-order valence-corrected chi connectivity index (χ1v) is 7.77. The lowest BCUT2D eigenvalue weighted by molar-refractivity contribution is -0.121. The molecule has 0 radical (unpaired) electrons. The Hall–Kier alpha value is -1.88. The van der Waals surface area contributed by atoms with E-state index in [1.54, 1.807) is 13.1 Å². The molecule has 120 valence electrons. The van der Waals surface area contributed by atoms with Crippen molar-refractivity contribution < 1.29 is 9.90 Å². The third kappa shape index (κ3) is 4.56. The SMILES string of the molecule is CC(C)CCC(C)(O)CNC(=O)Cc1c[nH]c2ncccc12. The van der Waals surface area contributed by atoms with E-state index in [1.165, 1.54) is 0 Å². The van der Waals surface area contributed by atoms with E-state index in [2.05, 4.69) is 29.1 Å². The molecule has 2 aromatic heterocycles. The molecule has 1 atom stereocenters. The maximum absolute atomic E-state index is 12.1. The van der Waals surface area contributed by atoms with Crippen molar-refractivity contribution in [2.45, 2.75) is 45.6 Å². The molecule has 0 bridgehead atoms. The van der Waals surface area contributed by atoms with E-state index < -0.39 is 5.60 Å². The van der Waals surface area contributed by atoms with Gasteiger partial charge in [0.25, 0.3) is 0 Å². The molecular formula is C17H25N3O2. The lowest BCUT2D eigenvalue weighted by Crippen LogP contribution is -2.41. The van der Waals surface area contributed by atoms with Gasteiger partial charge in [-0.15, -0.1) is 0 Å². The molecule has 3 N–H and O–H groups in total. The maximum atomic E-state index is 12.1. The molecule has 0 saturated heterocycles. The van der Waals surface area contributed by atoms with Crippen LogP contribution in [0.3, 0.4) is 0 Å². The molecule has 1 unspecified atom stereocenters. The second-order valence-electron chi connectivity index (χ2n) is 6.60. The van der Waals surface area contributed by atoms with E-state index in [-0.39, 0.29) is 18.9 Å². The number of hydrogen-bond acceptors (Lipinski definition) is 3. The monoisotopic (exact) mass is 303 g/mol. The Bertz CT molecular complexity index is 632. The summed E-state index contributed by atoms with van der Waals surface area (Å²) in [7, 11) is 0.